The van der Waals surface area contributed by atoms with Crippen LogP contribution in [0, 0.1) is 0 Å². The maximum Gasteiger partial charge on any atom is 0.276 e. The third-order valence-electron chi connectivity index (χ3n) is 4.34. The minimum absolute atomic E-state index is 0.0727. The van der Waals surface area contributed by atoms with Gasteiger partial charge in [0, 0.05) is 36.0 Å². The lowest BCUT2D eigenvalue weighted by Crippen LogP contribution is -2.30. The van der Waals surface area contributed by atoms with E-state index < -0.39 is 0 Å². The third kappa shape index (κ3) is 3.86. The van der Waals surface area contributed by atoms with E-state index in [1.807, 2.05) is 23.6 Å². The predicted octanol–water partition coefficient (Wildman–Crippen LogP) is 3.42. The predicted molar refractivity (Wildman–Crippen MR) is 106 cm³/mol. The molecule has 8 heteroatoms. The van der Waals surface area contributed by atoms with Gasteiger partial charge >= 0.3 is 0 Å². The molecule has 2 amide bonds. The second-order valence-electron chi connectivity index (χ2n) is 6.35. The van der Waals surface area contributed by atoms with Gasteiger partial charge in [-0.05, 0) is 30.3 Å². The molecule has 1 aromatic carbocycles. The molecule has 7 nitrogen and oxygen atoms in total. The average Bonchev–Trinajstić information content (AvgIpc) is 3.17. The fraction of sp³-hybridized carbons (Fsp3) is 0.200. The lowest BCUT2D eigenvalue weighted by atomic mass is 9.97. The molecule has 28 heavy (non-hydrogen) atoms. The standard InChI is InChI=1S/C20H18N4O3S/c1-12(25)22-15-7-9-27-18-6-5-13(10-14(15)18)17-11-28-20(23-17)24-19(26)16-4-2-3-8-21-16/h2-6,8,10-11,15H,7,9H2,1H3,(H,22,25)(H,23,24,26). The van der Waals surface area contributed by atoms with E-state index in [-0.39, 0.29) is 17.9 Å². The first-order valence-electron chi connectivity index (χ1n) is 8.82. The first-order valence-corrected chi connectivity index (χ1v) is 9.70. The van der Waals surface area contributed by atoms with Crippen LogP contribution in [0.15, 0.2) is 48.0 Å². The number of fused-ring (bicyclic) bond motifs is 1. The molecule has 1 aliphatic heterocycles. The number of carbonyl (C=O) groups is 2. The molecular formula is C20H18N4O3S. The number of nitrogens with zero attached hydrogens (tertiary/aromatic N) is 2. The fourth-order valence-electron chi connectivity index (χ4n) is 3.07. The van der Waals surface area contributed by atoms with Crippen molar-refractivity contribution in [2.24, 2.45) is 0 Å². The fourth-order valence-corrected chi connectivity index (χ4v) is 3.79. The average molecular weight is 394 g/mol. The lowest BCUT2D eigenvalue weighted by molar-refractivity contribution is -0.119. The molecule has 3 heterocycles. The number of ether oxygens (including phenoxy) is 1. The molecule has 0 saturated heterocycles. The molecular weight excluding hydrogens is 376 g/mol. The number of pyridine rings is 1. The van der Waals surface area contributed by atoms with E-state index in [0.29, 0.717) is 17.4 Å². The van der Waals surface area contributed by atoms with Crippen LogP contribution in [0.4, 0.5) is 5.13 Å². The molecule has 0 spiro atoms. The maximum absolute atomic E-state index is 12.2. The van der Waals surface area contributed by atoms with Gasteiger partial charge < -0.3 is 10.1 Å². The number of anilines is 1. The van der Waals surface area contributed by atoms with Crippen molar-refractivity contribution in [1.29, 1.82) is 0 Å². The Morgan fingerprint density at radius 1 is 1.25 bits per heavy atom. The van der Waals surface area contributed by atoms with Crippen LogP contribution in [-0.4, -0.2) is 28.4 Å². The SMILES string of the molecule is CC(=O)NC1CCOc2ccc(-c3csc(NC(=O)c4ccccn4)n3)cc21. The van der Waals surface area contributed by atoms with Gasteiger partial charge in [0.25, 0.3) is 5.91 Å². The largest absolute Gasteiger partial charge is 0.493 e. The zero-order chi connectivity index (χ0) is 19.5. The van der Waals surface area contributed by atoms with Crippen LogP contribution >= 0.6 is 11.3 Å². The number of rotatable bonds is 4. The Morgan fingerprint density at radius 2 is 2.14 bits per heavy atom. The van der Waals surface area contributed by atoms with Gasteiger partial charge in [-0.3, -0.25) is 19.9 Å². The minimum atomic E-state index is -0.300. The van der Waals surface area contributed by atoms with E-state index >= 15 is 0 Å². The molecule has 0 aliphatic carbocycles. The number of aromatic nitrogens is 2. The molecule has 4 rings (SSSR count). The van der Waals surface area contributed by atoms with Gasteiger partial charge in [-0.2, -0.15) is 0 Å². The van der Waals surface area contributed by atoms with Crippen molar-refractivity contribution in [3.05, 3.63) is 59.2 Å². The monoisotopic (exact) mass is 394 g/mol. The molecule has 2 aromatic heterocycles. The summed E-state index contributed by atoms with van der Waals surface area (Å²) in [6, 6.07) is 10.9. The van der Waals surface area contributed by atoms with Crippen LogP contribution < -0.4 is 15.4 Å². The molecule has 2 N–H and O–H groups in total. The van der Waals surface area contributed by atoms with E-state index in [1.165, 1.54) is 18.3 Å². The summed E-state index contributed by atoms with van der Waals surface area (Å²) in [7, 11) is 0. The molecule has 1 aliphatic rings. The highest BCUT2D eigenvalue weighted by atomic mass is 32.1. The van der Waals surface area contributed by atoms with Gasteiger partial charge in [0.05, 0.1) is 18.3 Å². The van der Waals surface area contributed by atoms with Crippen LogP contribution in [0.1, 0.15) is 35.4 Å². The van der Waals surface area contributed by atoms with Gasteiger partial charge in [0.2, 0.25) is 5.91 Å². The Hall–Kier alpha value is -3.26. The van der Waals surface area contributed by atoms with Crippen LogP contribution in [-0.2, 0) is 4.79 Å². The van der Waals surface area contributed by atoms with E-state index in [0.717, 1.165) is 29.0 Å². The van der Waals surface area contributed by atoms with E-state index in [4.69, 9.17) is 4.74 Å². The van der Waals surface area contributed by atoms with Crippen molar-refractivity contribution in [1.82, 2.24) is 15.3 Å². The number of thiazole rings is 1. The molecule has 0 bridgehead atoms. The quantitative estimate of drug-likeness (QED) is 0.707. The minimum Gasteiger partial charge on any atom is -0.493 e. The van der Waals surface area contributed by atoms with Gasteiger partial charge in [-0.15, -0.1) is 11.3 Å². The summed E-state index contributed by atoms with van der Waals surface area (Å²) in [5, 5.41) is 8.12. The van der Waals surface area contributed by atoms with Crippen molar-refractivity contribution in [3.8, 4) is 17.0 Å². The van der Waals surface area contributed by atoms with Crippen LogP contribution in [0.5, 0.6) is 5.75 Å². The Kier molecular flexibility index (Phi) is 5.03. The first-order chi connectivity index (χ1) is 13.6. The summed E-state index contributed by atoms with van der Waals surface area (Å²) in [5.41, 5.74) is 2.92. The van der Waals surface area contributed by atoms with Crippen molar-refractivity contribution in [3.63, 3.8) is 0 Å². The Labute approximate surface area is 165 Å². The van der Waals surface area contributed by atoms with Crippen LogP contribution in [0.2, 0.25) is 0 Å². The normalized spacial score (nSPS) is 15.2. The Bertz CT molecular complexity index is 1020. The maximum atomic E-state index is 12.2. The highest BCUT2D eigenvalue weighted by Crippen LogP contribution is 2.36. The van der Waals surface area contributed by atoms with Gasteiger partial charge in [-0.1, -0.05) is 6.07 Å². The van der Waals surface area contributed by atoms with Crippen molar-refractivity contribution < 1.29 is 14.3 Å². The lowest BCUT2D eigenvalue weighted by Gasteiger charge is -2.26. The molecule has 1 atom stereocenters. The summed E-state index contributed by atoms with van der Waals surface area (Å²) >= 11 is 1.34. The molecule has 3 aromatic rings. The first kappa shape index (κ1) is 18.1. The molecule has 0 radical (unpaired) electrons. The number of amides is 2. The highest BCUT2D eigenvalue weighted by molar-refractivity contribution is 7.14. The Balaban J connectivity index is 1.55. The molecule has 0 fully saturated rings. The highest BCUT2D eigenvalue weighted by Gasteiger charge is 2.23. The summed E-state index contributed by atoms with van der Waals surface area (Å²) in [5.74, 6) is 0.398. The van der Waals surface area contributed by atoms with Gasteiger partial charge in [-0.25, -0.2) is 4.98 Å². The van der Waals surface area contributed by atoms with Crippen molar-refractivity contribution >= 4 is 28.3 Å². The molecule has 142 valence electrons. The van der Waals surface area contributed by atoms with E-state index in [1.54, 1.807) is 24.4 Å². The van der Waals surface area contributed by atoms with Gasteiger partial charge in [0.1, 0.15) is 11.4 Å². The van der Waals surface area contributed by atoms with E-state index in [2.05, 4.69) is 20.6 Å². The number of benzene rings is 1. The molecule has 0 saturated carbocycles. The van der Waals surface area contributed by atoms with Crippen molar-refractivity contribution in [2.45, 2.75) is 19.4 Å². The number of nitrogens with one attached hydrogen (secondary N) is 2. The third-order valence-corrected chi connectivity index (χ3v) is 5.10. The van der Waals surface area contributed by atoms with Crippen LogP contribution in [0.3, 0.4) is 0 Å². The summed E-state index contributed by atoms with van der Waals surface area (Å²) in [6.45, 7) is 2.08. The second-order valence-corrected chi connectivity index (χ2v) is 7.21. The summed E-state index contributed by atoms with van der Waals surface area (Å²) in [4.78, 5) is 32.3. The zero-order valence-corrected chi connectivity index (χ0v) is 16.0. The summed E-state index contributed by atoms with van der Waals surface area (Å²) < 4.78 is 5.70. The van der Waals surface area contributed by atoms with Crippen molar-refractivity contribution in [2.75, 3.05) is 11.9 Å². The summed E-state index contributed by atoms with van der Waals surface area (Å²) in [6.07, 6.45) is 2.29. The Morgan fingerprint density at radius 3 is 2.93 bits per heavy atom. The number of hydrogen-bond acceptors (Lipinski definition) is 6. The number of carbonyl (C=O) groups excluding carboxylic acids is 2. The topological polar surface area (TPSA) is 93.2 Å². The number of hydrogen-bond donors (Lipinski definition) is 2. The molecule has 1 unspecified atom stereocenters. The van der Waals surface area contributed by atoms with E-state index in [9.17, 15) is 9.59 Å². The van der Waals surface area contributed by atoms with Gasteiger partial charge in [0.15, 0.2) is 5.13 Å². The van der Waals surface area contributed by atoms with Crippen LogP contribution in [0.25, 0.3) is 11.3 Å². The smallest absolute Gasteiger partial charge is 0.276 e. The second kappa shape index (κ2) is 7.77. The zero-order valence-electron chi connectivity index (χ0n) is 15.1.